The summed E-state index contributed by atoms with van der Waals surface area (Å²) in [6.45, 7) is 8.85. The molecule has 0 aliphatic carbocycles. The van der Waals surface area contributed by atoms with Gasteiger partial charge in [-0.15, -0.1) is 5.10 Å². The zero-order valence-corrected chi connectivity index (χ0v) is 13.9. The smallest absolute Gasteiger partial charge is 0.323 e. The second kappa shape index (κ2) is 6.20. The molecule has 0 aromatic carbocycles. The monoisotopic (exact) mass is 306 g/mol. The molecule has 0 saturated carbocycles. The fourth-order valence-corrected chi connectivity index (χ4v) is 2.88. The first-order valence-electron chi connectivity index (χ1n) is 7.86. The average Bonchev–Trinajstić information content (AvgIpc) is 2.91. The van der Waals surface area contributed by atoms with Crippen molar-refractivity contribution >= 4 is 11.8 Å². The molecule has 22 heavy (non-hydrogen) atoms. The molecule has 6 heteroatoms. The van der Waals surface area contributed by atoms with Crippen LogP contribution in [0.15, 0.2) is 12.1 Å². The lowest BCUT2D eigenvalue weighted by Crippen LogP contribution is -2.51. The third kappa shape index (κ3) is 3.21. The summed E-state index contributed by atoms with van der Waals surface area (Å²) in [6, 6.07) is 3.44. The van der Waals surface area contributed by atoms with Crippen LogP contribution < -0.4 is 5.32 Å². The molecule has 122 valence electrons. The summed E-state index contributed by atoms with van der Waals surface area (Å²) in [4.78, 5) is 14.2. The van der Waals surface area contributed by atoms with E-state index in [2.05, 4.69) is 36.3 Å². The molecule has 1 aromatic rings. The molecule has 1 aliphatic heterocycles. The number of aliphatic hydroxyl groups is 1. The summed E-state index contributed by atoms with van der Waals surface area (Å²) in [6.07, 6.45) is 2.49. The lowest BCUT2D eigenvalue weighted by atomic mass is 9.92. The van der Waals surface area contributed by atoms with Crippen molar-refractivity contribution in [3.05, 3.63) is 17.8 Å². The van der Waals surface area contributed by atoms with Gasteiger partial charge in [0.05, 0.1) is 17.8 Å². The van der Waals surface area contributed by atoms with Gasteiger partial charge in [-0.25, -0.2) is 4.79 Å². The van der Waals surface area contributed by atoms with Crippen LogP contribution in [-0.4, -0.2) is 44.9 Å². The van der Waals surface area contributed by atoms with E-state index in [1.165, 1.54) is 0 Å². The number of hydrogen-bond acceptors (Lipinski definition) is 4. The first kappa shape index (κ1) is 16.7. The molecular weight excluding hydrogens is 280 g/mol. The van der Waals surface area contributed by atoms with E-state index in [-0.39, 0.29) is 18.1 Å². The summed E-state index contributed by atoms with van der Waals surface area (Å²) in [5.41, 5.74) is 0.367. The Labute approximate surface area is 131 Å². The van der Waals surface area contributed by atoms with E-state index in [0.29, 0.717) is 12.4 Å². The predicted octanol–water partition coefficient (Wildman–Crippen LogP) is 2.54. The fourth-order valence-electron chi connectivity index (χ4n) is 2.88. The summed E-state index contributed by atoms with van der Waals surface area (Å²) in [7, 11) is 0. The van der Waals surface area contributed by atoms with Crippen molar-refractivity contribution in [1.82, 2.24) is 15.1 Å². The molecule has 0 radical (unpaired) electrons. The van der Waals surface area contributed by atoms with Gasteiger partial charge in [-0.1, -0.05) is 27.7 Å². The lowest BCUT2D eigenvalue weighted by Gasteiger charge is -2.36. The third-order valence-electron chi connectivity index (χ3n) is 4.46. The van der Waals surface area contributed by atoms with Crippen molar-refractivity contribution in [1.29, 1.82) is 0 Å². The molecule has 6 nitrogen and oxygen atoms in total. The number of amides is 2. The lowest BCUT2D eigenvalue weighted by molar-refractivity contribution is 0.0867. The maximum absolute atomic E-state index is 12.5. The van der Waals surface area contributed by atoms with E-state index in [0.717, 1.165) is 25.0 Å². The summed E-state index contributed by atoms with van der Waals surface area (Å²) in [5.74, 6) is 0.438. The highest BCUT2D eigenvalue weighted by atomic mass is 16.3. The van der Waals surface area contributed by atoms with Gasteiger partial charge in [-0.3, -0.25) is 5.32 Å². The van der Waals surface area contributed by atoms with Gasteiger partial charge >= 0.3 is 6.03 Å². The summed E-state index contributed by atoms with van der Waals surface area (Å²) in [5, 5.41) is 20.7. The SMILES string of the molecule is CC[C@@]1(CO)CCCN1C(=O)Nc1ccc(C(C)(C)C)nn1. The zero-order chi connectivity index (χ0) is 16.4. The molecule has 1 fully saturated rings. The third-order valence-corrected chi connectivity index (χ3v) is 4.46. The maximum Gasteiger partial charge on any atom is 0.323 e. The maximum atomic E-state index is 12.5. The van der Waals surface area contributed by atoms with Gasteiger partial charge in [0.1, 0.15) is 0 Å². The number of likely N-dealkylation sites (tertiary alicyclic amines) is 1. The number of aliphatic hydroxyl groups excluding tert-OH is 1. The van der Waals surface area contributed by atoms with E-state index in [4.69, 9.17) is 0 Å². The Kier molecular flexibility index (Phi) is 4.70. The van der Waals surface area contributed by atoms with Crippen LogP contribution in [-0.2, 0) is 5.41 Å². The molecule has 2 amide bonds. The van der Waals surface area contributed by atoms with Crippen molar-refractivity contribution in [3.63, 3.8) is 0 Å². The number of aromatic nitrogens is 2. The van der Waals surface area contributed by atoms with Gasteiger partial charge in [0, 0.05) is 12.0 Å². The number of rotatable bonds is 3. The second-order valence-corrected chi connectivity index (χ2v) is 6.98. The number of carbonyl (C=O) groups excluding carboxylic acids is 1. The highest BCUT2D eigenvalue weighted by Crippen LogP contribution is 2.32. The van der Waals surface area contributed by atoms with Gasteiger partial charge in [0.15, 0.2) is 5.82 Å². The molecular formula is C16H26N4O2. The molecule has 2 rings (SSSR count). The Balaban J connectivity index is 2.09. The zero-order valence-electron chi connectivity index (χ0n) is 13.9. The first-order chi connectivity index (χ1) is 10.3. The quantitative estimate of drug-likeness (QED) is 0.899. The van der Waals surface area contributed by atoms with Crippen LogP contribution in [0.3, 0.4) is 0 Å². The van der Waals surface area contributed by atoms with E-state index in [1.807, 2.05) is 13.0 Å². The predicted molar refractivity (Wildman–Crippen MR) is 85.8 cm³/mol. The van der Waals surface area contributed by atoms with Crippen molar-refractivity contribution in [2.45, 2.75) is 57.9 Å². The van der Waals surface area contributed by atoms with Gasteiger partial charge in [-0.05, 0) is 31.4 Å². The van der Waals surface area contributed by atoms with Gasteiger partial charge in [0.25, 0.3) is 0 Å². The second-order valence-electron chi connectivity index (χ2n) is 6.98. The summed E-state index contributed by atoms with van der Waals surface area (Å²) < 4.78 is 0. The standard InChI is InChI=1S/C16H26N4O2/c1-5-16(11-21)9-6-10-20(16)14(22)17-13-8-7-12(18-19-13)15(2,3)4/h7-8,21H,5-6,9-11H2,1-4H3,(H,17,19,22)/t16-/m0/s1. The van der Waals surface area contributed by atoms with Crippen LogP contribution in [0.2, 0.25) is 0 Å². The minimum absolute atomic E-state index is 0.00837. The van der Waals surface area contributed by atoms with Crippen molar-refractivity contribution < 1.29 is 9.90 Å². The van der Waals surface area contributed by atoms with Crippen LogP contribution >= 0.6 is 0 Å². The highest BCUT2D eigenvalue weighted by molar-refractivity contribution is 5.89. The van der Waals surface area contributed by atoms with Crippen LogP contribution in [0.4, 0.5) is 10.6 Å². The molecule has 1 atom stereocenters. The largest absolute Gasteiger partial charge is 0.394 e. The Morgan fingerprint density at radius 3 is 2.64 bits per heavy atom. The molecule has 0 bridgehead atoms. The van der Waals surface area contributed by atoms with E-state index < -0.39 is 5.54 Å². The van der Waals surface area contributed by atoms with Gasteiger partial charge < -0.3 is 10.0 Å². The number of urea groups is 1. The van der Waals surface area contributed by atoms with Gasteiger partial charge in [-0.2, -0.15) is 5.10 Å². The number of nitrogens with zero attached hydrogens (tertiary/aromatic N) is 3. The van der Waals surface area contributed by atoms with Crippen LogP contribution in [0.5, 0.6) is 0 Å². The summed E-state index contributed by atoms with van der Waals surface area (Å²) >= 11 is 0. The van der Waals surface area contributed by atoms with Gasteiger partial charge in [0.2, 0.25) is 0 Å². The van der Waals surface area contributed by atoms with Crippen LogP contribution in [0.25, 0.3) is 0 Å². The first-order valence-corrected chi connectivity index (χ1v) is 7.86. The average molecular weight is 306 g/mol. The minimum atomic E-state index is -0.442. The van der Waals surface area contributed by atoms with Crippen LogP contribution in [0.1, 0.15) is 52.7 Å². The Bertz CT molecular complexity index is 518. The number of carbonyl (C=O) groups is 1. The minimum Gasteiger partial charge on any atom is -0.394 e. The Morgan fingerprint density at radius 2 is 2.14 bits per heavy atom. The number of nitrogens with one attached hydrogen (secondary N) is 1. The topological polar surface area (TPSA) is 78.4 Å². The van der Waals surface area contributed by atoms with E-state index in [9.17, 15) is 9.90 Å². The molecule has 1 aromatic heterocycles. The van der Waals surface area contributed by atoms with E-state index in [1.54, 1.807) is 11.0 Å². The molecule has 2 N–H and O–H groups in total. The number of anilines is 1. The van der Waals surface area contributed by atoms with Crippen molar-refractivity contribution in [3.8, 4) is 0 Å². The number of hydrogen-bond donors (Lipinski definition) is 2. The molecule has 1 saturated heterocycles. The molecule has 0 unspecified atom stereocenters. The molecule has 1 aliphatic rings. The highest BCUT2D eigenvalue weighted by Gasteiger charge is 2.41. The molecule has 0 spiro atoms. The Hall–Kier alpha value is -1.69. The fraction of sp³-hybridized carbons (Fsp3) is 0.688. The molecule has 2 heterocycles. The van der Waals surface area contributed by atoms with E-state index >= 15 is 0 Å². The normalized spacial score (nSPS) is 22.0. The van der Waals surface area contributed by atoms with Crippen LogP contribution in [0, 0.1) is 0 Å². The van der Waals surface area contributed by atoms with Crippen molar-refractivity contribution in [2.75, 3.05) is 18.5 Å². The van der Waals surface area contributed by atoms with Crippen molar-refractivity contribution in [2.24, 2.45) is 0 Å². The Morgan fingerprint density at radius 1 is 1.41 bits per heavy atom.